The Balaban J connectivity index is 2.18. The lowest BCUT2D eigenvalue weighted by Crippen LogP contribution is -2.69. The highest BCUT2D eigenvalue weighted by Crippen LogP contribution is 2.16. The lowest BCUT2D eigenvalue weighted by molar-refractivity contribution is -0.153. The zero-order chi connectivity index (χ0) is 10.1. The maximum absolute atomic E-state index is 11.5. The van der Waals surface area contributed by atoms with Crippen molar-refractivity contribution < 1.29 is 9.59 Å². The molecule has 0 radical (unpaired) electrons. The first-order valence-corrected chi connectivity index (χ1v) is 5.09. The van der Waals surface area contributed by atoms with Crippen molar-refractivity contribution in [2.24, 2.45) is 0 Å². The van der Waals surface area contributed by atoms with E-state index < -0.39 is 11.8 Å². The summed E-state index contributed by atoms with van der Waals surface area (Å²) in [5.74, 6) is -0.875. The van der Waals surface area contributed by atoms with Crippen LogP contribution >= 0.6 is 0 Å². The van der Waals surface area contributed by atoms with Crippen LogP contribution in [0.2, 0.25) is 0 Å². The molecule has 78 valence electrons. The minimum atomic E-state index is -0.461. The number of likely N-dealkylation sites (N-methyl/N-ethyl adjacent to an activating group) is 1. The molecule has 0 aliphatic carbocycles. The highest BCUT2D eigenvalue weighted by atomic mass is 16.2. The monoisotopic (exact) mass is 197 g/mol. The van der Waals surface area contributed by atoms with Gasteiger partial charge in [0.1, 0.15) is 6.17 Å². The molecule has 2 saturated heterocycles. The Morgan fingerprint density at radius 1 is 1.50 bits per heavy atom. The van der Waals surface area contributed by atoms with E-state index in [1.54, 1.807) is 4.90 Å². The first kappa shape index (κ1) is 9.45. The number of nitrogens with zero attached hydrogens (tertiary/aromatic N) is 1. The molecule has 2 atom stereocenters. The van der Waals surface area contributed by atoms with E-state index in [1.165, 1.54) is 0 Å². The summed E-state index contributed by atoms with van der Waals surface area (Å²) in [6.45, 7) is 3.39. The fraction of sp³-hybridized carbons (Fsp3) is 0.778. The molecule has 0 aromatic carbocycles. The molecule has 5 heteroatoms. The molecular formula is C9H15N3O2. The second-order valence-corrected chi connectivity index (χ2v) is 3.71. The van der Waals surface area contributed by atoms with Crippen molar-refractivity contribution in [2.45, 2.75) is 32.0 Å². The Bertz CT molecular complexity index is 267. The van der Waals surface area contributed by atoms with Crippen molar-refractivity contribution in [3.8, 4) is 0 Å². The van der Waals surface area contributed by atoms with Gasteiger partial charge in [0.05, 0.1) is 6.04 Å². The Morgan fingerprint density at radius 3 is 3.00 bits per heavy atom. The molecule has 2 aliphatic rings. The van der Waals surface area contributed by atoms with E-state index in [0.29, 0.717) is 6.54 Å². The number of piperazine rings is 1. The molecule has 2 unspecified atom stereocenters. The van der Waals surface area contributed by atoms with Crippen LogP contribution < -0.4 is 10.6 Å². The van der Waals surface area contributed by atoms with Crippen LogP contribution in [0.5, 0.6) is 0 Å². The van der Waals surface area contributed by atoms with Crippen LogP contribution in [0.4, 0.5) is 0 Å². The van der Waals surface area contributed by atoms with Gasteiger partial charge in [0.15, 0.2) is 0 Å². The molecule has 2 N–H and O–H groups in total. The van der Waals surface area contributed by atoms with Crippen molar-refractivity contribution >= 4 is 11.8 Å². The van der Waals surface area contributed by atoms with Gasteiger partial charge in [0.2, 0.25) is 0 Å². The molecule has 2 rings (SSSR count). The summed E-state index contributed by atoms with van der Waals surface area (Å²) < 4.78 is 0. The first-order chi connectivity index (χ1) is 6.74. The number of amides is 2. The van der Waals surface area contributed by atoms with E-state index in [9.17, 15) is 9.59 Å². The van der Waals surface area contributed by atoms with E-state index in [1.807, 2.05) is 6.92 Å². The van der Waals surface area contributed by atoms with Crippen molar-refractivity contribution in [1.82, 2.24) is 15.5 Å². The Hall–Kier alpha value is -1.10. The normalized spacial score (nSPS) is 32.5. The largest absolute Gasteiger partial charge is 0.342 e. The maximum atomic E-state index is 11.5. The molecule has 5 nitrogen and oxygen atoms in total. The second-order valence-electron chi connectivity index (χ2n) is 3.71. The van der Waals surface area contributed by atoms with Crippen LogP contribution in [-0.4, -0.2) is 42.0 Å². The van der Waals surface area contributed by atoms with Crippen molar-refractivity contribution in [3.63, 3.8) is 0 Å². The van der Waals surface area contributed by atoms with Crippen molar-refractivity contribution in [1.29, 1.82) is 0 Å². The molecule has 0 aromatic rings. The predicted molar refractivity (Wildman–Crippen MR) is 50.3 cm³/mol. The number of nitrogens with one attached hydrogen (secondary N) is 2. The van der Waals surface area contributed by atoms with Crippen LogP contribution in [-0.2, 0) is 9.59 Å². The number of carbonyl (C=O) groups excluding carboxylic acids is 2. The van der Waals surface area contributed by atoms with Gasteiger partial charge in [-0.25, -0.2) is 0 Å². The van der Waals surface area contributed by atoms with Crippen LogP contribution in [0.15, 0.2) is 0 Å². The first-order valence-electron chi connectivity index (χ1n) is 5.09. The average molecular weight is 197 g/mol. The van der Waals surface area contributed by atoms with E-state index >= 15 is 0 Å². The summed E-state index contributed by atoms with van der Waals surface area (Å²) >= 11 is 0. The van der Waals surface area contributed by atoms with Gasteiger partial charge < -0.3 is 10.2 Å². The molecule has 0 bridgehead atoms. The molecular weight excluding hydrogens is 182 g/mol. The van der Waals surface area contributed by atoms with Crippen LogP contribution in [0.3, 0.4) is 0 Å². The van der Waals surface area contributed by atoms with Gasteiger partial charge in [-0.3, -0.25) is 14.9 Å². The summed E-state index contributed by atoms with van der Waals surface area (Å²) in [5, 5.41) is 6.00. The summed E-state index contributed by atoms with van der Waals surface area (Å²) in [5.41, 5.74) is 0. The second kappa shape index (κ2) is 3.57. The van der Waals surface area contributed by atoms with Gasteiger partial charge in [-0.05, 0) is 26.3 Å². The molecule has 0 saturated carbocycles. The zero-order valence-corrected chi connectivity index (χ0v) is 8.25. The quantitative estimate of drug-likeness (QED) is 0.532. The van der Waals surface area contributed by atoms with Gasteiger partial charge in [-0.2, -0.15) is 0 Å². The third kappa shape index (κ3) is 1.37. The fourth-order valence-electron chi connectivity index (χ4n) is 2.18. The standard InChI is InChI=1S/C9H15N3O2/c1-2-12-7-6(4-3-5-10-7)11-8(13)9(12)14/h6-7,10H,2-5H2,1H3,(H,11,13). The number of piperidine rings is 1. The van der Waals surface area contributed by atoms with Crippen molar-refractivity contribution in [3.05, 3.63) is 0 Å². The fourth-order valence-corrected chi connectivity index (χ4v) is 2.18. The van der Waals surface area contributed by atoms with Gasteiger partial charge in [0, 0.05) is 6.54 Å². The number of carbonyl (C=O) groups is 2. The summed E-state index contributed by atoms with van der Waals surface area (Å²) in [7, 11) is 0. The molecule has 2 heterocycles. The number of rotatable bonds is 1. The SMILES string of the molecule is CCN1C(=O)C(=O)NC2CCCNC21. The van der Waals surface area contributed by atoms with E-state index in [0.717, 1.165) is 19.4 Å². The third-order valence-electron chi connectivity index (χ3n) is 2.87. The van der Waals surface area contributed by atoms with Crippen molar-refractivity contribution in [2.75, 3.05) is 13.1 Å². The minimum absolute atomic E-state index is 0.000972. The molecule has 2 aliphatic heterocycles. The van der Waals surface area contributed by atoms with Gasteiger partial charge in [0.25, 0.3) is 0 Å². The van der Waals surface area contributed by atoms with Gasteiger partial charge in [-0.1, -0.05) is 0 Å². The molecule has 14 heavy (non-hydrogen) atoms. The van der Waals surface area contributed by atoms with E-state index in [-0.39, 0.29) is 12.2 Å². The van der Waals surface area contributed by atoms with Crippen LogP contribution in [0, 0.1) is 0 Å². The number of hydrogen-bond acceptors (Lipinski definition) is 3. The summed E-state index contributed by atoms with van der Waals surface area (Å²) in [4.78, 5) is 24.4. The Morgan fingerprint density at radius 2 is 2.29 bits per heavy atom. The minimum Gasteiger partial charge on any atom is -0.342 e. The number of hydrogen-bond donors (Lipinski definition) is 2. The lowest BCUT2D eigenvalue weighted by atomic mass is 10.0. The molecule has 0 aromatic heterocycles. The number of fused-ring (bicyclic) bond motifs is 1. The molecule has 0 spiro atoms. The summed E-state index contributed by atoms with van der Waals surface area (Å²) in [6.07, 6.45) is 2.00. The highest BCUT2D eigenvalue weighted by molar-refractivity contribution is 6.35. The predicted octanol–water partition coefficient (Wildman–Crippen LogP) is -0.957. The highest BCUT2D eigenvalue weighted by Gasteiger charge is 2.40. The zero-order valence-electron chi connectivity index (χ0n) is 8.25. The van der Waals surface area contributed by atoms with E-state index in [2.05, 4.69) is 10.6 Å². The topological polar surface area (TPSA) is 61.4 Å². The molecule has 2 amide bonds. The average Bonchev–Trinajstić information content (AvgIpc) is 2.20. The smallest absolute Gasteiger partial charge is 0.313 e. The van der Waals surface area contributed by atoms with Crippen LogP contribution in [0.25, 0.3) is 0 Å². The summed E-state index contributed by atoms with van der Waals surface area (Å²) in [6, 6.07) is 0.0916. The Kier molecular flexibility index (Phi) is 2.41. The molecule has 2 fully saturated rings. The lowest BCUT2D eigenvalue weighted by Gasteiger charge is -2.43. The van der Waals surface area contributed by atoms with Gasteiger partial charge >= 0.3 is 11.8 Å². The third-order valence-corrected chi connectivity index (χ3v) is 2.87. The maximum Gasteiger partial charge on any atom is 0.313 e. The van der Waals surface area contributed by atoms with E-state index in [4.69, 9.17) is 0 Å². The van der Waals surface area contributed by atoms with Gasteiger partial charge in [-0.15, -0.1) is 0 Å². The Labute approximate surface area is 82.8 Å². The van der Waals surface area contributed by atoms with Crippen LogP contribution in [0.1, 0.15) is 19.8 Å².